The van der Waals surface area contributed by atoms with Gasteiger partial charge in [0.05, 0.1) is 40.3 Å². The van der Waals surface area contributed by atoms with Crippen LogP contribution >= 0.6 is 0 Å². The Hall–Kier alpha value is -4.83. The highest BCUT2D eigenvalue weighted by Gasteiger charge is 2.22. The molecule has 0 aromatic heterocycles. The number of hydrogen-bond donors (Lipinski definition) is 0. The van der Waals surface area contributed by atoms with Crippen molar-refractivity contribution in [1.29, 1.82) is 0 Å². The summed E-state index contributed by atoms with van der Waals surface area (Å²) in [7, 11) is 5.89. The molecule has 0 radical (unpaired) electrons. The van der Waals surface area contributed by atoms with Crippen molar-refractivity contribution in [2.24, 2.45) is 0 Å². The van der Waals surface area contributed by atoms with Crippen LogP contribution < -0.4 is 5.11 Å². The highest BCUT2D eigenvalue weighted by Crippen LogP contribution is 2.14. The molecule has 0 aliphatic heterocycles. The molecule has 0 spiro atoms. The first kappa shape index (κ1) is 70.2. The molecular weight excluding hydrogens is 935 g/mol. The van der Waals surface area contributed by atoms with Crippen LogP contribution in [0.3, 0.4) is 0 Å². The van der Waals surface area contributed by atoms with E-state index in [1.807, 2.05) is 21.1 Å². The minimum atomic E-state index is -1.64. The van der Waals surface area contributed by atoms with Crippen molar-refractivity contribution in [2.75, 3.05) is 47.5 Å². The number of carboxylic acids is 1. The lowest BCUT2D eigenvalue weighted by atomic mass is 10.1. The lowest BCUT2D eigenvalue weighted by Crippen LogP contribution is -2.44. The summed E-state index contributed by atoms with van der Waals surface area (Å²) in [6, 6.07) is 0. The van der Waals surface area contributed by atoms with Crippen molar-refractivity contribution < 1.29 is 42.9 Å². The number of esters is 2. The molecule has 75 heavy (non-hydrogen) atoms. The molecule has 0 heterocycles. The number of unbranched alkanes of at least 4 members (excludes halogenated alkanes) is 12. The number of aliphatic carboxylic acids is 1. The molecule has 2 unspecified atom stereocenters. The van der Waals surface area contributed by atoms with Gasteiger partial charge in [-0.25, -0.2) is 0 Å². The number of carbonyl (C=O) groups is 3. The lowest BCUT2D eigenvalue weighted by Gasteiger charge is -2.26. The molecule has 0 rings (SSSR count). The average molecular weight is 1040 g/mol. The second-order valence-electron chi connectivity index (χ2n) is 19.8. The lowest BCUT2D eigenvalue weighted by molar-refractivity contribution is -0.870. The minimum Gasteiger partial charge on any atom is -0.545 e. The summed E-state index contributed by atoms with van der Waals surface area (Å²) in [6.07, 6.45) is 77.5. The molecule has 0 N–H and O–H groups in total. The number of quaternary nitrogens is 1. The highest BCUT2D eigenvalue weighted by atomic mass is 16.7. The monoisotopic (exact) mass is 1040 g/mol. The number of nitrogens with zero attached hydrogens (tertiary/aromatic N) is 1. The summed E-state index contributed by atoms with van der Waals surface area (Å²) in [5, 5.41) is 11.8. The van der Waals surface area contributed by atoms with Gasteiger partial charge in [-0.3, -0.25) is 9.59 Å². The maximum Gasteiger partial charge on any atom is 0.306 e. The number of rotatable bonds is 51. The summed E-state index contributed by atoms with van der Waals surface area (Å²) in [6.45, 7) is 4.44. The number of ether oxygens (including phenoxy) is 4. The summed E-state index contributed by atoms with van der Waals surface area (Å²) in [5.41, 5.74) is 0. The van der Waals surface area contributed by atoms with E-state index < -0.39 is 30.3 Å². The zero-order valence-electron chi connectivity index (χ0n) is 47.9. The van der Waals surface area contributed by atoms with E-state index in [1.165, 1.54) is 32.1 Å². The van der Waals surface area contributed by atoms with Crippen molar-refractivity contribution in [3.05, 3.63) is 146 Å². The summed E-state index contributed by atoms with van der Waals surface area (Å²) < 4.78 is 22.6. The Balaban J connectivity index is 4.33. The van der Waals surface area contributed by atoms with E-state index in [-0.39, 0.29) is 32.7 Å². The Morgan fingerprint density at radius 3 is 1.08 bits per heavy atom. The zero-order chi connectivity index (χ0) is 54.8. The SMILES string of the molecule is CC/C=C\C/C=C\C/C=C\C/C=C\C/C=C\C/C=C\C/C=C\CCCCCCCCCCCC(=O)OC(COC(=O)CCCCC/C=C\C/C=C\C/C=C\C/C=C\C/C=C\CC)COC(OCC[N+](C)(C)C)C(=O)[O-]. The fourth-order valence-electron chi connectivity index (χ4n) is 7.19. The molecule has 2 atom stereocenters. The topological polar surface area (TPSA) is 111 Å². The second-order valence-corrected chi connectivity index (χ2v) is 19.8. The molecule has 0 amide bonds. The predicted molar refractivity (Wildman–Crippen MR) is 315 cm³/mol. The molecule has 0 saturated heterocycles. The van der Waals surface area contributed by atoms with Gasteiger partial charge in [0, 0.05) is 12.8 Å². The number of hydrogen-bond acceptors (Lipinski definition) is 8. The maximum absolute atomic E-state index is 12.9. The largest absolute Gasteiger partial charge is 0.545 e. The van der Waals surface area contributed by atoms with Crippen LogP contribution in [0, 0.1) is 0 Å². The molecule has 9 nitrogen and oxygen atoms in total. The molecule has 0 aliphatic rings. The molecule has 0 aromatic rings. The number of allylic oxidation sites excluding steroid dienone is 24. The second kappa shape index (κ2) is 55.4. The van der Waals surface area contributed by atoms with Crippen molar-refractivity contribution in [2.45, 2.75) is 206 Å². The molecular formula is C66H105NO8. The van der Waals surface area contributed by atoms with E-state index in [0.717, 1.165) is 122 Å². The fraction of sp³-hybridized carbons (Fsp3) is 0.591. The standard InChI is InChI=1S/C66H105NO8/c1-6-8-10-12-14-16-18-20-22-24-26-27-28-29-30-31-32-33-34-35-36-37-39-41-43-45-47-49-51-53-55-57-64(69)75-62(61-74-66(65(70)71)72-59-58-67(3,4)5)60-73-63(68)56-54-52-50-48-46-44-42-40-38-25-23-21-19-17-15-13-11-9-7-2/h8-11,14-17,20-23,26-27,29-30,32-33,35-36,38,40,44,46,62,66H,6-7,12-13,18-19,24-25,28,31,34,37,39,41-43,45,47-61H2,1-5H3/b10-8-,11-9-,16-14-,17-15-,22-20-,23-21-,27-26-,30-29-,33-32-,36-35-,40-38-,46-44-. The molecule has 0 saturated carbocycles. The van der Waals surface area contributed by atoms with Crippen molar-refractivity contribution in [1.82, 2.24) is 0 Å². The maximum atomic E-state index is 12.9. The normalized spacial score (nSPS) is 13.9. The smallest absolute Gasteiger partial charge is 0.306 e. The van der Waals surface area contributed by atoms with E-state index >= 15 is 0 Å². The summed E-state index contributed by atoms with van der Waals surface area (Å²) in [5.74, 6) is -2.35. The Bertz CT molecular complexity index is 1730. The molecule has 422 valence electrons. The summed E-state index contributed by atoms with van der Waals surface area (Å²) >= 11 is 0. The molecule has 0 aliphatic carbocycles. The molecule has 9 heteroatoms. The van der Waals surface area contributed by atoms with Crippen LogP contribution in [-0.4, -0.2) is 82.3 Å². The van der Waals surface area contributed by atoms with E-state index in [1.54, 1.807) is 0 Å². The van der Waals surface area contributed by atoms with Gasteiger partial charge >= 0.3 is 11.9 Å². The van der Waals surface area contributed by atoms with E-state index in [9.17, 15) is 19.5 Å². The first-order chi connectivity index (χ1) is 36.6. The third-order valence-corrected chi connectivity index (χ3v) is 11.6. The van der Waals surface area contributed by atoms with Crippen LogP contribution in [0.25, 0.3) is 0 Å². The van der Waals surface area contributed by atoms with Crippen LogP contribution in [0.5, 0.6) is 0 Å². The van der Waals surface area contributed by atoms with Gasteiger partial charge in [0.2, 0.25) is 0 Å². The van der Waals surface area contributed by atoms with Gasteiger partial charge < -0.3 is 33.3 Å². The first-order valence-electron chi connectivity index (χ1n) is 29.0. The molecule has 0 aromatic carbocycles. The van der Waals surface area contributed by atoms with Crippen LogP contribution in [-0.2, 0) is 33.3 Å². The quantitative estimate of drug-likeness (QED) is 0.0195. The van der Waals surface area contributed by atoms with Crippen molar-refractivity contribution in [3.8, 4) is 0 Å². The Morgan fingerprint density at radius 1 is 0.400 bits per heavy atom. The predicted octanol–water partition coefficient (Wildman–Crippen LogP) is 15.9. The van der Waals surface area contributed by atoms with Crippen molar-refractivity contribution >= 4 is 17.9 Å². The number of carbonyl (C=O) groups excluding carboxylic acids is 3. The van der Waals surface area contributed by atoms with Crippen LogP contribution in [0.2, 0.25) is 0 Å². The Kier molecular flexibility index (Phi) is 51.8. The van der Waals surface area contributed by atoms with Crippen molar-refractivity contribution in [3.63, 3.8) is 0 Å². The minimum absolute atomic E-state index is 0.132. The van der Waals surface area contributed by atoms with Gasteiger partial charge in [-0.1, -0.05) is 211 Å². The third-order valence-electron chi connectivity index (χ3n) is 11.6. The van der Waals surface area contributed by atoms with E-state index in [0.29, 0.717) is 23.9 Å². The van der Waals surface area contributed by atoms with Gasteiger partial charge in [0.15, 0.2) is 12.4 Å². The number of carboxylic acid groups (broad SMARTS) is 1. The van der Waals surface area contributed by atoms with Crippen LogP contribution in [0.15, 0.2) is 146 Å². The highest BCUT2D eigenvalue weighted by molar-refractivity contribution is 5.70. The molecule has 0 bridgehead atoms. The fourth-order valence-corrected chi connectivity index (χ4v) is 7.19. The average Bonchev–Trinajstić information content (AvgIpc) is 3.38. The third kappa shape index (κ3) is 56.7. The van der Waals surface area contributed by atoms with Gasteiger partial charge in [-0.15, -0.1) is 0 Å². The summed E-state index contributed by atoms with van der Waals surface area (Å²) in [4.78, 5) is 37.3. The van der Waals surface area contributed by atoms with Gasteiger partial charge in [0.1, 0.15) is 13.2 Å². The van der Waals surface area contributed by atoms with Gasteiger partial charge in [-0.05, 0) is 116 Å². The Morgan fingerprint density at radius 2 is 0.720 bits per heavy atom. The Labute approximate surface area is 458 Å². The zero-order valence-corrected chi connectivity index (χ0v) is 47.9. The van der Waals surface area contributed by atoms with Crippen LogP contribution in [0.1, 0.15) is 194 Å². The first-order valence-corrected chi connectivity index (χ1v) is 29.0. The molecule has 0 fully saturated rings. The van der Waals surface area contributed by atoms with E-state index in [4.69, 9.17) is 18.9 Å². The van der Waals surface area contributed by atoms with E-state index in [2.05, 4.69) is 160 Å². The van der Waals surface area contributed by atoms with Crippen LogP contribution in [0.4, 0.5) is 0 Å². The van der Waals surface area contributed by atoms with Gasteiger partial charge in [-0.2, -0.15) is 0 Å². The van der Waals surface area contributed by atoms with Gasteiger partial charge in [0.25, 0.3) is 0 Å². The number of likely N-dealkylation sites (N-methyl/N-ethyl adjacent to an activating group) is 1.